The maximum absolute atomic E-state index is 6.23. The van der Waals surface area contributed by atoms with Crippen molar-refractivity contribution in [2.75, 3.05) is 0 Å². The number of fused-ring (bicyclic) bond motifs is 1. The molecule has 2 saturated carbocycles. The maximum Gasteiger partial charge on any atom is 0.171 e. The number of aromatic nitrogens is 3. The van der Waals surface area contributed by atoms with E-state index >= 15 is 0 Å². The van der Waals surface area contributed by atoms with Gasteiger partial charge in [-0.2, -0.15) is 0 Å². The van der Waals surface area contributed by atoms with Crippen molar-refractivity contribution in [3.8, 4) is 5.75 Å². The maximum atomic E-state index is 6.23. The Morgan fingerprint density at radius 2 is 1.96 bits per heavy atom. The normalized spacial score (nSPS) is 25.3. The monoisotopic (exact) mass is 338 g/mol. The van der Waals surface area contributed by atoms with Gasteiger partial charge in [0, 0.05) is 18.0 Å². The van der Waals surface area contributed by atoms with Gasteiger partial charge in [0.25, 0.3) is 0 Å². The zero-order chi connectivity index (χ0) is 16.8. The first kappa shape index (κ1) is 15.4. The highest BCUT2D eigenvalue weighted by Crippen LogP contribution is 2.42. The molecule has 1 aromatic heterocycles. The van der Waals surface area contributed by atoms with Crippen LogP contribution in [0.15, 0.2) is 18.2 Å². The fraction of sp³-hybridized carbons (Fsp3) is 0.600. The number of nitrogens with zero attached hydrogens (tertiary/aromatic N) is 3. The van der Waals surface area contributed by atoms with Crippen LogP contribution >= 0.6 is 0 Å². The van der Waals surface area contributed by atoms with Crippen molar-refractivity contribution in [1.82, 2.24) is 14.8 Å². The van der Waals surface area contributed by atoms with Crippen LogP contribution < -0.4 is 10.5 Å². The lowest BCUT2D eigenvalue weighted by Crippen LogP contribution is -2.36. The summed E-state index contributed by atoms with van der Waals surface area (Å²) in [6.07, 6.45) is 9.41. The zero-order valence-corrected chi connectivity index (χ0v) is 14.7. The summed E-state index contributed by atoms with van der Waals surface area (Å²) in [6, 6.07) is 7.38. The lowest BCUT2D eigenvalue weighted by Gasteiger charge is -2.31. The van der Waals surface area contributed by atoms with E-state index in [9.17, 15) is 0 Å². The SMILES string of the molecule is NC1CC(c2nnc(COc3cccc4c3CCCC4)n2C2CC2)C1. The quantitative estimate of drug-likeness (QED) is 0.908. The molecule has 2 aromatic rings. The highest BCUT2D eigenvalue weighted by molar-refractivity contribution is 5.41. The van der Waals surface area contributed by atoms with Crippen LogP contribution in [-0.2, 0) is 19.4 Å². The van der Waals surface area contributed by atoms with Crippen molar-refractivity contribution in [3.05, 3.63) is 41.0 Å². The number of hydrogen-bond donors (Lipinski definition) is 1. The van der Waals surface area contributed by atoms with Gasteiger partial charge in [-0.1, -0.05) is 12.1 Å². The molecular weight excluding hydrogens is 312 g/mol. The van der Waals surface area contributed by atoms with Crippen LogP contribution in [0.4, 0.5) is 0 Å². The van der Waals surface area contributed by atoms with E-state index in [2.05, 4.69) is 33.0 Å². The van der Waals surface area contributed by atoms with E-state index < -0.39 is 0 Å². The van der Waals surface area contributed by atoms with Crippen LogP contribution in [0.25, 0.3) is 0 Å². The van der Waals surface area contributed by atoms with Gasteiger partial charge >= 0.3 is 0 Å². The van der Waals surface area contributed by atoms with E-state index in [1.807, 2.05) is 0 Å². The summed E-state index contributed by atoms with van der Waals surface area (Å²) in [4.78, 5) is 0. The second-order valence-corrected chi connectivity index (χ2v) is 7.89. The van der Waals surface area contributed by atoms with Crippen LogP contribution in [0.2, 0.25) is 0 Å². The topological polar surface area (TPSA) is 66.0 Å². The molecule has 1 aromatic carbocycles. The smallest absolute Gasteiger partial charge is 0.171 e. The number of ether oxygens (including phenoxy) is 1. The molecule has 2 fully saturated rings. The predicted octanol–water partition coefficient (Wildman–Crippen LogP) is 3.28. The molecule has 25 heavy (non-hydrogen) atoms. The van der Waals surface area contributed by atoms with Gasteiger partial charge in [0.1, 0.15) is 18.2 Å². The lowest BCUT2D eigenvalue weighted by atomic mass is 9.80. The largest absolute Gasteiger partial charge is 0.485 e. The molecule has 5 heteroatoms. The highest BCUT2D eigenvalue weighted by atomic mass is 16.5. The Balaban J connectivity index is 1.37. The first-order chi connectivity index (χ1) is 12.3. The number of benzene rings is 1. The second kappa shape index (κ2) is 6.13. The molecule has 5 nitrogen and oxygen atoms in total. The second-order valence-electron chi connectivity index (χ2n) is 7.89. The Bertz CT molecular complexity index is 774. The molecule has 0 atom stereocenters. The van der Waals surface area contributed by atoms with Gasteiger partial charge < -0.3 is 15.0 Å². The molecule has 0 aliphatic heterocycles. The molecule has 2 N–H and O–H groups in total. The third kappa shape index (κ3) is 2.84. The molecule has 0 radical (unpaired) electrons. The zero-order valence-electron chi connectivity index (χ0n) is 14.7. The number of aryl methyl sites for hydroxylation is 1. The molecule has 0 saturated heterocycles. The van der Waals surface area contributed by atoms with Crippen molar-refractivity contribution in [2.45, 2.75) is 76.0 Å². The van der Waals surface area contributed by atoms with Crippen LogP contribution in [0.5, 0.6) is 5.75 Å². The van der Waals surface area contributed by atoms with E-state index in [1.54, 1.807) is 0 Å². The third-order valence-corrected chi connectivity index (χ3v) is 5.95. The molecule has 0 spiro atoms. The summed E-state index contributed by atoms with van der Waals surface area (Å²) in [5.74, 6) is 3.64. The Kier molecular flexibility index (Phi) is 3.77. The minimum absolute atomic E-state index is 0.338. The molecule has 5 rings (SSSR count). The Morgan fingerprint density at radius 1 is 1.12 bits per heavy atom. The number of hydrogen-bond acceptors (Lipinski definition) is 4. The van der Waals surface area contributed by atoms with Crippen LogP contribution in [0, 0.1) is 0 Å². The van der Waals surface area contributed by atoms with Gasteiger partial charge in [-0.25, -0.2) is 0 Å². The molecule has 0 bridgehead atoms. The Morgan fingerprint density at radius 3 is 2.76 bits per heavy atom. The average molecular weight is 338 g/mol. The van der Waals surface area contributed by atoms with Gasteiger partial charge in [0.05, 0.1) is 0 Å². The van der Waals surface area contributed by atoms with E-state index in [4.69, 9.17) is 10.5 Å². The minimum Gasteiger partial charge on any atom is -0.485 e. The summed E-state index contributed by atoms with van der Waals surface area (Å²) in [7, 11) is 0. The van der Waals surface area contributed by atoms with E-state index in [1.165, 1.54) is 43.2 Å². The van der Waals surface area contributed by atoms with E-state index in [0.717, 1.165) is 36.7 Å². The van der Waals surface area contributed by atoms with Gasteiger partial charge in [-0.3, -0.25) is 0 Å². The summed E-state index contributed by atoms with van der Waals surface area (Å²) >= 11 is 0. The van der Waals surface area contributed by atoms with Gasteiger partial charge in [0.2, 0.25) is 0 Å². The number of nitrogens with two attached hydrogens (primary N) is 1. The van der Waals surface area contributed by atoms with Crippen molar-refractivity contribution in [3.63, 3.8) is 0 Å². The van der Waals surface area contributed by atoms with Crippen molar-refractivity contribution in [2.24, 2.45) is 5.73 Å². The molecular formula is C20H26N4O. The van der Waals surface area contributed by atoms with Crippen LogP contribution in [0.1, 0.15) is 73.3 Å². The highest BCUT2D eigenvalue weighted by Gasteiger charge is 2.37. The molecule has 3 aliphatic carbocycles. The van der Waals surface area contributed by atoms with Crippen molar-refractivity contribution < 1.29 is 4.74 Å². The molecule has 3 aliphatic rings. The lowest BCUT2D eigenvalue weighted by molar-refractivity contribution is 0.280. The predicted molar refractivity (Wildman–Crippen MR) is 95.7 cm³/mol. The first-order valence-electron chi connectivity index (χ1n) is 9.72. The molecule has 1 heterocycles. The van der Waals surface area contributed by atoms with Gasteiger partial charge in [0.15, 0.2) is 5.82 Å². The summed E-state index contributed by atoms with van der Waals surface area (Å²) < 4.78 is 8.58. The standard InChI is InChI=1S/C20H26N4O/c21-15-10-14(11-15)20-23-22-19(24(20)16-8-9-16)12-25-18-7-3-5-13-4-1-2-6-17(13)18/h3,5,7,14-16H,1-2,4,6,8-12,21H2. The average Bonchev–Trinajstić information content (AvgIpc) is 3.37. The Hall–Kier alpha value is -1.88. The fourth-order valence-corrected chi connectivity index (χ4v) is 4.34. The van der Waals surface area contributed by atoms with Crippen LogP contribution in [0.3, 0.4) is 0 Å². The fourth-order valence-electron chi connectivity index (χ4n) is 4.34. The third-order valence-electron chi connectivity index (χ3n) is 5.95. The van der Waals surface area contributed by atoms with Gasteiger partial charge in [-0.15, -0.1) is 10.2 Å². The molecule has 132 valence electrons. The van der Waals surface area contributed by atoms with E-state index in [-0.39, 0.29) is 0 Å². The van der Waals surface area contributed by atoms with Crippen molar-refractivity contribution in [1.29, 1.82) is 0 Å². The summed E-state index contributed by atoms with van der Waals surface area (Å²) in [6.45, 7) is 0.513. The van der Waals surface area contributed by atoms with Crippen LogP contribution in [-0.4, -0.2) is 20.8 Å². The molecule has 0 unspecified atom stereocenters. The Labute approximate surface area is 148 Å². The number of rotatable bonds is 5. The summed E-state index contributed by atoms with van der Waals surface area (Å²) in [5, 5.41) is 8.99. The molecule has 0 amide bonds. The first-order valence-corrected chi connectivity index (χ1v) is 9.72. The van der Waals surface area contributed by atoms with E-state index in [0.29, 0.717) is 24.6 Å². The van der Waals surface area contributed by atoms with Crippen molar-refractivity contribution >= 4 is 0 Å². The summed E-state index contributed by atoms with van der Waals surface area (Å²) in [5.41, 5.74) is 8.83. The minimum atomic E-state index is 0.338. The van der Waals surface area contributed by atoms with Gasteiger partial charge in [-0.05, 0) is 68.6 Å².